The first kappa shape index (κ1) is 15.5. The molecule has 0 spiro atoms. The zero-order valence-corrected chi connectivity index (χ0v) is 13.0. The number of sulfonamides is 1. The van der Waals surface area contributed by atoms with Gasteiger partial charge in [0.05, 0.1) is 0 Å². The first-order valence-electron chi connectivity index (χ1n) is 7.27. The second-order valence-electron chi connectivity index (χ2n) is 5.37. The molecule has 1 unspecified atom stereocenters. The Morgan fingerprint density at radius 3 is 3.00 bits per heavy atom. The van der Waals surface area contributed by atoms with Crippen LogP contribution in [0.2, 0.25) is 0 Å². The van der Waals surface area contributed by atoms with Crippen LogP contribution in [-0.4, -0.2) is 37.6 Å². The van der Waals surface area contributed by atoms with E-state index in [2.05, 4.69) is 21.9 Å². The van der Waals surface area contributed by atoms with E-state index >= 15 is 0 Å². The fraction of sp³-hybridized carbons (Fsp3) is 0.769. The van der Waals surface area contributed by atoms with Gasteiger partial charge in [0.25, 0.3) is 10.0 Å². The number of rotatable bonds is 7. The summed E-state index contributed by atoms with van der Waals surface area (Å²) in [4.78, 5) is 4.15. The van der Waals surface area contributed by atoms with Crippen molar-refractivity contribution < 1.29 is 8.42 Å². The Hall–Kier alpha value is -0.920. The lowest BCUT2D eigenvalue weighted by atomic mass is 10.1. The highest BCUT2D eigenvalue weighted by molar-refractivity contribution is 7.89. The standard InChI is InChI=1S/C13H24N4O2S/c1-3-8-17-10-13(16-11(17)2)20(18,19)15-7-5-12-4-6-14-9-12/h10,12,14-15H,3-9H2,1-2H3. The molecule has 1 aliphatic rings. The van der Waals surface area contributed by atoms with Crippen LogP contribution in [-0.2, 0) is 16.6 Å². The number of nitrogens with zero attached hydrogens (tertiary/aromatic N) is 2. The molecule has 1 saturated heterocycles. The third kappa shape index (κ3) is 3.80. The van der Waals surface area contributed by atoms with Crippen molar-refractivity contribution in [2.45, 2.75) is 44.7 Å². The topological polar surface area (TPSA) is 76.0 Å². The van der Waals surface area contributed by atoms with E-state index in [9.17, 15) is 8.42 Å². The average molecular weight is 300 g/mol. The van der Waals surface area contributed by atoms with E-state index in [1.807, 2.05) is 11.5 Å². The minimum absolute atomic E-state index is 0.132. The first-order chi connectivity index (χ1) is 9.53. The van der Waals surface area contributed by atoms with Crippen LogP contribution < -0.4 is 10.0 Å². The molecule has 6 nitrogen and oxygen atoms in total. The Labute approximate surface area is 121 Å². The van der Waals surface area contributed by atoms with Gasteiger partial charge in [0.2, 0.25) is 0 Å². The largest absolute Gasteiger partial charge is 0.334 e. The molecule has 0 radical (unpaired) electrons. The molecule has 1 fully saturated rings. The molecule has 2 heterocycles. The number of hydrogen-bond acceptors (Lipinski definition) is 4. The summed E-state index contributed by atoms with van der Waals surface area (Å²) >= 11 is 0. The average Bonchev–Trinajstić information content (AvgIpc) is 3.01. The van der Waals surface area contributed by atoms with Gasteiger partial charge in [0, 0.05) is 19.3 Å². The molecule has 1 aliphatic heterocycles. The van der Waals surface area contributed by atoms with E-state index < -0.39 is 10.0 Å². The van der Waals surface area contributed by atoms with Crippen LogP contribution in [0.3, 0.4) is 0 Å². The Balaban J connectivity index is 1.93. The van der Waals surface area contributed by atoms with Crippen molar-refractivity contribution in [2.75, 3.05) is 19.6 Å². The van der Waals surface area contributed by atoms with Crippen molar-refractivity contribution in [3.63, 3.8) is 0 Å². The summed E-state index contributed by atoms with van der Waals surface area (Å²) in [7, 11) is -3.47. The second kappa shape index (κ2) is 6.69. The van der Waals surface area contributed by atoms with Gasteiger partial charge in [-0.05, 0) is 45.2 Å². The molecule has 1 atom stereocenters. The van der Waals surface area contributed by atoms with Crippen molar-refractivity contribution in [1.29, 1.82) is 0 Å². The smallest absolute Gasteiger partial charge is 0.259 e. The highest BCUT2D eigenvalue weighted by Gasteiger charge is 2.20. The molecular weight excluding hydrogens is 276 g/mol. The number of nitrogens with one attached hydrogen (secondary N) is 2. The highest BCUT2D eigenvalue weighted by atomic mass is 32.2. The summed E-state index contributed by atoms with van der Waals surface area (Å²) < 4.78 is 28.9. The summed E-state index contributed by atoms with van der Waals surface area (Å²) in [6.07, 6.45) is 4.59. The third-order valence-electron chi connectivity index (χ3n) is 3.70. The first-order valence-corrected chi connectivity index (χ1v) is 8.75. The normalized spacial score (nSPS) is 19.6. The van der Waals surface area contributed by atoms with Crippen LogP contribution in [0.25, 0.3) is 0 Å². The van der Waals surface area contributed by atoms with E-state index in [0.29, 0.717) is 12.5 Å². The lowest BCUT2D eigenvalue weighted by molar-refractivity contribution is 0.518. The molecule has 0 amide bonds. The van der Waals surface area contributed by atoms with Crippen LogP contribution >= 0.6 is 0 Å². The van der Waals surface area contributed by atoms with E-state index in [1.165, 1.54) is 0 Å². The fourth-order valence-corrected chi connectivity index (χ4v) is 3.56. The van der Waals surface area contributed by atoms with Crippen LogP contribution in [0.4, 0.5) is 0 Å². The molecule has 2 N–H and O–H groups in total. The van der Waals surface area contributed by atoms with Gasteiger partial charge < -0.3 is 9.88 Å². The molecule has 0 saturated carbocycles. The molecule has 0 aliphatic carbocycles. The van der Waals surface area contributed by atoms with Gasteiger partial charge in [-0.15, -0.1) is 0 Å². The summed E-state index contributed by atoms with van der Waals surface area (Å²) in [6.45, 7) is 7.20. The second-order valence-corrected chi connectivity index (χ2v) is 7.08. The van der Waals surface area contributed by atoms with Crippen molar-refractivity contribution >= 4 is 10.0 Å². The Morgan fingerprint density at radius 1 is 1.55 bits per heavy atom. The summed E-state index contributed by atoms with van der Waals surface area (Å²) in [6, 6.07) is 0. The lowest BCUT2D eigenvalue weighted by Gasteiger charge is -2.08. The Kier molecular flexibility index (Phi) is 5.17. The maximum Gasteiger partial charge on any atom is 0.259 e. The van der Waals surface area contributed by atoms with Gasteiger partial charge in [-0.1, -0.05) is 6.92 Å². The fourth-order valence-electron chi connectivity index (χ4n) is 2.51. The van der Waals surface area contributed by atoms with Crippen molar-refractivity contribution in [2.24, 2.45) is 5.92 Å². The number of hydrogen-bond donors (Lipinski definition) is 2. The van der Waals surface area contributed by atoms with E-state index in [4.69, 9.17) is 0 Å². The molecule has 1 aromatic rings. The van der Waals surface area contributed by atoms with E-state index in [-0.39, 0.29) is 5.03 Å². The molecule has 0 aromatic carbocycles. The molecular formula is C13H24N4O2S. The molecule has 114 valence electrons. The molecule has 20 heavy (non-hydrogen) atoms. The maximum absolute atomic E-state index is 12.2. The monoisotopic (exact) mass is 300 g/mol. The quantitative estimate of drug-likeness (QED) is 0.784. The van der Waals surface area contributed by atoms with Crippen molar-refractivity contribution in [1.82, 2.24) is 19.6 Å². The zero-order chi connectivity index (χ0) is 14.6. The molecule has 1 aromatic heterocycles. The lowest BCUT2D eigenvalue weighted by Crippen LogP contribution is -2.27. The predicted octanol–water partition coefficient (Wildman–Crippen LogP) is 0.879. The predicted molar refractivity (Wildman–Crippen MR) is 78.0 cm³/mol. The van der Waals surface area contributed by atoms with Gasteiger partial charge in [0.15, 0.2) is 5.03 Å². The van der Waals surface area contributed by atoms with E-state index in [0.717, 1.165) is 44.7 Å². The van der Waals surface area contributed by atoms with Crippen molar-refractivity contribution in [3.05, 3.63) is 12.0 Å². The van der Waals surface area contributed by atoms with Gasteiger partial charge in [-0.25, -0.2) is 18.1 Å². The van der Waals surface area contributed by atoms with Gasteiger partial charge in [0.1, 0.15) is 5.82 Å². The Bertz CT molecular complexity index is 533. The summed E-state index contributed by atoms with van der Waals surface area (Å²) in [5, 5.41) is 3.42. The number of imidazole rings is 1. The van der Waals surface area contributed by atoms with Gasteiger partial charge in [-0.2, -0.15) is 0 Å². The number of aryl methyl sites for hydroxylation is 2. The van der Waals surface area contributed by atoms with Crippen molar-refractivity contribution in [3.8, 4) is 0 Å². The number of aromatic nitrogens is 2. The highest BCUT2D eigenvalue weighted by Crippen LogP contribution is 2.13. The SMILES string of the molecule is CCCn1cc(S(=O)(=O)NCCC2CCNC2)nc1C. The van der Waals surface area contributed by atoms with Crippen LogP contribution in [0.1, 0.15) is 32.0 Å². The molecule has 2 rings (SSSR count). The van der Waals surface area contributed by atoms with Gasteiger partial charge in [-0.3, -0.25) is 0 Å². The zero-order valence-electron chi connectivity index (χ0n) is 12.2. The molecule has 0 bridgehead atoms. The minimum Gasteiger partial charge on any atom is -0.334 e. The summed E-state index contributed by atoms with van der Waals surface area (Å²) in [5.41, 5.74) is 0. The minimum atomic E-state index is -3.47. The third-order valence-corrected chi connectivity index (χ3v) is 5.03. The van der Waals surface area contributed by atoms with Crippen LogP contribution in [0.5, 0.6) is 0 Å². The Morgan fingerprint density at radius 2 is 2.35 bits per heavy atom. The maximum atomic E-state index is 12.2. The van der Waals surface area contributed by atoms with Crippen LogP contribution in [0, 0.1) is 12.8 Å². The summed E-state index contributed by atoms with van der Waals surface area (Å²) in [5.74, 6) is 1.32. The van der Waals surface area contributed by atoms with E-state index in [1.54, 1.807) is 6.20 Å². The van der Waals surface area contributed by atoms with Gasteiger partial charge >= 0.3 is 0 Å². The molecule has 7 heteroatoms. The van der Waals surface area contributed by atoms with Crippen LogP contribution in [0.15, 0.2) is 11.2 Å².